The van der Waals surface area contributed by atoms with E-state index < -0.39 is 32.4 Å². The summed E-state index contributed by atoms with van der Waals surface area (Å²) in [5.74, 6) is 0.213. The average Bonchev–Trinajstić information content (AvgIpc) is 3.31. The Hall–Kier alpha value is -3.32. The van der Waals surface area contributed by atoms with Crippen molar-refractivity contribution in [3.63, 3.8) is 0 Å². The third kappa shape index (κ3) is 6.51. The third-order valence-corrected chi connectivity index (χ3v) is 15.4. The van der Waals surface area contributed by atoms with Crippen molar-refractivity contribution in [3.05, 3.63) is 70.3 Å². The number of allylic oxidation sites excluding steroid dienone is 1. The first kappa shape index (κ1) is 36.6. The van der Waals surface area contributed by atoms with Crippen LogP contribution in [0.15, 0.2) is 48.6 Å². The van der Waals surface area contributed by atoms with Crippen LogP contribution in [0, 0.1) is 17.8 Å². The zero-order valence-corrected chi connectivity index (χ0v) is 32.7. The maximum atomic E-state index is 13.6. The zero-order valence-electron chi connectivity index (χ0n) is 31.1. The summed E-state index contributed by atoms with van der Waals surface area (Å²) in [5.41, 5.74) is 2.13. The van der Waals surface area contributed by atoms with Gasteiger partial charge in [0.05, 0.1) is 24.1 Å². The minimum Gasteiger partial charge on any atom is -0.490 e. The summed E-state index contributed by atoms with van der Waals surface area (Å²) in [6, 6.07) is 11.5. The maximum Gasteiger partial charge on any atom is 0.410 e. The van der Waals surface area contributed by atoms with E-state index in [-0.39, 0.29) is 34.8 Å². The highest BCUT2D eigenvalue weighted by Gasteiger charge is 2.56. The number of halogens is 1. The molecule has 0 unspecified atom stereocenters. The van der Waals surface area contributed by atoms with Gasteiger partial charge in [0.15, 0.2) is 5.60 Å². The second kappa shape index (κ2) is 13.5. The molecule has 53 heavy (non-hydrogen) atoms. The van der Waals surface area contributed by atoms with E-state index in [1.54, 1.807) is 38.1 Å². The van der Waals surface area contributed by atoms with Crippen molar-refractivity contribution in [3.8, 4) is 5.75 Å². The lowest BCUT2D eigenvalue weighted by Gasteiger charge is -2.54. The summed E-state index contributed by atoms with van der Waals surface area (Å²) in [7, 11) is -0.436. The first-order chi connectivity index (χ1) is 25.2. The van der Waals surface area contributed by atoms with Crippen LogP contribution in [0.25, 0.3) is 0 Å². The maximum absolute atomic E-state index is 13.6. The van der Waals surface area contributed by atoms with Crippen LogP contribution in [-0.2, 0) is 31.3 Å². The van der Waals surface area contributed by atoms with Crippen molar-refractivity contribution in [2.24, 2.45) is 17.8 Å². The lowest BCUT2D eigenvalue weighted by Crippen LogP contribution is -2.68. The Balaban J connectivity index is 1.18. The number of anilines is 1. The van der Waals surface area contributed by atoms with Crippen LogP contribution in [0.1, 0.15) is 67.4 Å². The standard InChI is InChI=1S/C40H51ClN4O7S/c1-26-7-5-16-40(50-4,24-44-22-39(23-44)21-43(3)37(47)52-39)33-12-9-30(33)19-45-20-38(15-6-8-28-17-31(41)11-13-32(28)38)25-51-35-14-10-29(18-34(35)45)36(46)42-53(48,49)27(26)2/h5,10-11,13-14,16-18,26-27,30,33H,6-9,12,15,19-25H2,1-4H3,(H,42,46)/b16-5-/t26-,27+,30-,33+,38-,40+/m0/s1. The third-order valence-electron chi connectivity index (χ3n) is 13.2. The largest absolute Gasteiger partial charge is 0.490 e. The molecule has 6 atom stereocenters. The number of sulfonamides is 1. The zero-order chi connectivity index (χ0) is 37.3. The van der Waals surface area contributed by atoms with Crippen LogP contribution in [-0.4, -0.2) is 107 Å². The van der Waals surface area contributed by atoms with Crippen molar-refractivity contribution in [2.75, 3.05) is 64.9 Å². The fraction of sp³-hybridized carbons (Fsp3) is 0.600. The van der Waals surface area contributed by atoms with Gasteiger partial charge in [0.25, 0.3) is 5.91 Å². The number of methoxy groups -OCH3 is 1. The van der Waals surface area contributed by atoms with E-state index in [0.29, 0.717) is 58.0 Å². The van der Waals surface area contributed by atoms with Crippen LogP contribution < -0.4 is 14.4 Å². The summed E-state index contributed by atoms with van der Waals surface area (Å²) in [4.78, 5) is 32.2. The lowest BCUT2D eigenvalue weighted by molar-refractivity contribution is -0.136. The number of amides is 2. The van der Waals surface area contributed by atoms with Gasteiger partial charge in [-0.1, -0.05) is 36.7 Å². The van der Waals surface area contributed by atoms with Gasteiger partial charge in [0.2, 0.25) is 10.0 Å². The van der Waals surface area contributed by atoms with Crippen LogP contribution in [0.3, 0.4) is 0 Å². The van der Waals surface area contributed by atoms with E-state index >= 15 is 0 Å². The van der Waals surface area contributed by atoms with Gasteiger partial charge in [0.1, 0.15) is 11.4 Å². The summed E-state index contributed by atoms with van der Waals surface area (Å²) in [6.07, 6.45) is 9.37. The molecule has 1 saturated carbocycles. The Morgan fingerprint density at radius 1 is 1.06 bits per heavy atom. The van der Waals surface area contributed by atoms with Gasteiger partial charge in [-0.3, -0.25) is 9.69 Å². The molecule has 6 aliphatic rings. The molecule has 2 saturated heterocycles. The van der Waals surface area contributed by atoms with Gasteiger partial charge >= 0.3 is 6.09 Å². The van der Waals surface area contributed by atoms with Crippen molar-refractivity contribution in [2.45, 2.75) is 74.2 Å². The highest BCUT2D eigenvalue weighted by Crippen LogP contribution is 2.50. The fourth-order valence-electron chi connectivity index (χ4n) is 9.99. The van der Waals surface area contributed by atoms with Gasteiger partial charge in [-0.15, -0.1) is 0 Å². The number of fused-ring (bicyclic) bond motifs is 4. The van der Waals surface area contributed by atoms with Crippen LogP contribution in [0.4, 0.5) is 10.5 Å². The van der Waals surface area contributed by atoms with Gasteiger partial charge < -0.3 is 24.0 Å². The van der Waals surface area contributed by atoms with Crippen LogP contribution in [0.2, 0.25) is 5.02 Å². The molecule has 4 heterocycles. The summed E-state index contributed by atoms with van der Waals surface area (Å²) in [6.45, 7) is 7.90. The normalized spacial score (nSPS) is 34.1. The molecule has 1 N–H and O–H groups in total. The lowest BCUT2D eigenvalue weighted by atomic mass is 9.63. The molecule has 11 nitrogen and oxygen atoms in total. The fourth-order valence-corrected chi connectivity index (χ4v) is 11.5. The molecule has 286 valence electrons. The number of carbonyl (C=O) groups excluding carboxylic acids is 2. The van der Waals surface area contributed by atoms with E-state index in [9.17, 15) is 18.0 Å². The number of rotatable bonds is 3. The van der Waals surface area contributed by atoms with Gasteiger partial charge in [-0.25, -0.2) is 17.9 Å². The van der Waals surface area contributed by atoms with E-state index in [0.717, 1.165) is 42.8 Å². The number of nitrogens with one attached hydrogen (secondary N) is 1. The molecular formula is C40H51ClN4O7S. The second-order valence-electron chi connectivity index (χ2n) is 16.7. The van der Waals surface area contributed by atoms with Gasteiger partial charge in [0, 0.05) is 62.9 Å². The Morgan fingerprint density at radius 3 is 2.58 bits per heavy atom. The highest BCUT2D eigenvalue weighted by atomic mass is 35.5. The van der Waals surface area contributed by atoms with E-state index in [1.807, 2.05) is 19.1 Å². The number of nitrogens with zero attached hydrogens (tertiary/aromatic N) is 3. The van der Waals surface area contributed by atoms with Crippen molar-refractivity contribution in [1.29, 1.82) is 0 Å². The van der Waals surface area contributed by atoms with E-state index in [4.69, 9.17) is 25.8 Å². The molecule has 2 bridgehead atoms. The highest BCUT2D eigenvalue weighted by molar-refractivity contribution is 7.90. The summed E-state index contributed by atoms with van der Waals surface area (Å²) < 4.78 is 48.6. The topological polar surface area (TPSA) is 118 Å². The number of ether oxygens (including phenoxy) is 3. The quantitative estimate of drug-likeness (QED) is 0.410. The Kier molecular flexibility index (Phi) is 9.31. The first-order valence-electron chi connectivity index (χ1n) is 19.0. The number of carbonyl (C=O) groups is 2. The molecule has 2 aromatic rings. The predicted molar refractivity (Wildman–Crippen MR) is 203 cm³/mol. The minimum atomic E-state index is -3.99. The molecule has 0 radical (unpaired) electrons. The monoisotopic (exact) mass is 766 g/mol. The number of aryl methyl sites for hydroxylation is 1. The Bertz CT molecular complexity index is 1930. The van der Waals surface area contributed by atoms with Crippen molar-refractivity contribution >= 4 is 39.3 Å². The number of benzene rings is 2. The molecule has 0 aromatic heterocycles. The SMILES string of the molecule is CO[C@@]1(CN2CC3(C2)CN(C)C(=O)O3)/C=C\C[C@H](C)[C@@H](C)S(=O)(=O)NC(=O)c2ccc3c(c2)N(C[C@@H]2CC[C@H]21)C[C@@]1(CCCc2cc(Cl)ccc21)CO3. The molecule has 4 aliphatic heterocycles. The molecule has 2 aliphatic carbocycles. The van der Waals surface area contributed by atoms with Crippen molar-refractivity contribution in [1.82, 2.24) is 14.5 Å². The van der Waals surface area contributed by atoms with Crippen molar-refractivity contribution < 1.29 is 32.2 Å². The van der Waals surface area contributed by atoms with Crippen LogP contribution in [0.5, 0.6) is 5.75 Å². The molecule has 2 amide bonds. The van der Waals surface area contributed by atoms with Gasteiger partial charge in [-0.2, -0.15) is 0 Å². The Labute approximate surface area is 318 Å². The summed E-state index contributed by atoms with van der Waals surface area (Å²) >= 11 is 6.49. The first-order valence-corrected chi connectivity index (χ1v) is 20.9. The molecule has 2 spiro atoms. The molecule has 8 rings (SSSR count). The number of hydrogen-bond donors (Lipinski definition) is 1. The number of hydrogen-bond acceptors (Lipinski definition) is 9. The smallest absolute Gasteiger partial charge is 0.410 e. The molecule has 13 heteroatoms. The van der Waals surface area contributed by atoms with Gasteiger partial charge in [-0.05, 0) is 105 Å². The second-order valence-corrected chi connectivity index (χ2v) is 19.2. The number of likely N-dealkylation sites (tertiary alicyclic amines) is 1. The Morgan fingerprint density at radius 2 is 1.87 bits per heavy atom. The van der Waals surface area contributed by atoms with E-state index in [1.165, 1.54) is 11.1 Å². The van der Waals surface area contributed by atoms with E-state index in [2.05, 4.69) is 38.8 Å². The minimum absolute atomic E-state index is 0.172. The average molecular weight is 767 g/mol. The molecular weight excluding hydrogens is 716 g/mol. The number of likely N-dealkylation sites (N-methyl/N-ethyl adjacent to an activating group) is 1. The predicted octanol–water partition coefficient (Wildman–Crippen LogP) is 5.41. The summed E-state index contributed by atoms with van der Waals surface area (Å²) in [5, 5.41) is -0.0902. The molecule has 2 aromatic carbocycles. The molecule has 3 fully saturated rings. The van der Waals surface area contributed by atoms with Crippen LogP contribution >= 0.6 is 11.6 Å².